The number of allylic oxidation sites excluding steroid dienone is 2. The first-order valence-corrected chi connectivity index (χ1v) is 51.4. The van der Waals surface area contributed by atoms with Gasteiger partial charge < -0.3 is 154 Å². The van der Waals surface area contributed by atoms with Crippen LogP contribution in [0.2, 0.25) is 14.8 Å². The molecule has 1 amide bonds. The zero-order valence-corrected chi connectivity index (χ0v) is 70.8. The predicted molar refractivity (Wildman–Crippen MR) is 404 cm³/mol. The van der Waals surface area contributed by atoms with Crippen molar-refractivity contribution < 1.29 is 168 Å². The van der Waals surface area contributed by atoms with Crippen LogP contribution in [-0.4, -0.2) is 346 Å². The van der Waals surface area contributed by atoms with Crippen molar-refractivity contribution in [3.05, 3.63) is 41.5 Å². The molecular formula is C81H125NO34Sn. The van der Waals surface area contributed by atoms with E-state index in [4.69, 9.17) is 56.8 Å². The molecule has 0 bridgehead atoms. The van der Waals surface area contributed by atoms with Gasteiger partial charge in [0, 0.05) is 0 Å². The summed E-state index contributed by atoms with van der Waals surface area (Å²) in [5.41, 5.74) is -4.45. The molecule has 4 saturated carbocycles. The average Bonchev–Trinajstić information content (AvgIpc) is 0.669. The molecule has 117 heavy (non-hydrogen) atoms. The molecule has 662 valence electrons. The number of carboxylic acids is 1. The number of ether oxygens (including phenoxy) is 12. The first-order chi connectivity index (χ1) is 54.9. The molecule has 10 fully saturated rings. The van der Waals surface area contributed by atoms with E-state index in [1.807, 2.05) is 24.3 Å². The van der Waals surface area contributed by atoms with E-state index in [9.17, 15) is 106 Å². The summed E-state index contributed by atoms with van der Waals surface area (Å²) in [6.45, 7) is 10.8. The number of carbonyl (C=O) groups excluding carboxylic acids is 4. The fourth-order valence-corrected chi connectivity index (χ4v) is 24.8. The number of amides is 1. The monoisotopic (exact) mass is 1780 g/mol. The Morgan fingerprint density at radius 1 is 0.556 bits per heavy atom. The molecule has 6 heterocycles. The Morgan fingerprint density at radius 3 is 1.74 bits per heavy atom. The van der Waals surface area contributed by atoms with Crippen LogP contribution in [0.5, 0.6) is 0 Å². The third-order valence-electron chi connectivity index (χ3n) is 28.8. The van der Waals surface area contributed by atoms with E-state index in [1.165, 1.54) is 10.5 Å². The van der Waals surface area contributed by atoms with Gasteiger partial charge in [-0.3, -0.25) is 9.59 Å². The molecule has 5 aliphatic carbocycles. The van der Waals surface area contributed by atoms with Crippen LogP contribution >= 0.6 is 0 Å². The summed E-state index contributed by atoms with van der Waals surface area (Å²) in [4.78, 5) is 77.6. The Bertz CT molecular complexity index is 3650. The van der Waals surface area contributed by atoms with Gasteiger partial charge in [0.2, 0.25) is 6.29 Å². The van der Waals surface area contributed by atoms with E-state index in [0.717, 1.165) is 11.9 Å². The molecular weight excluding hydrogens is 1650 g/mol. The molecule has 0 spiro atoms. The van der Waals surface area contributed by atoms with Crippen molar-refractivity contribution in [3.8, 4) is 0 Å². The number of hydrogen-bond donors (Lipinski definition) is 18. The second kappa shape index (κ2) is 36.2. The largest absolute Gasteiger partial charge is 0.479 e. The third-order valence-corrected chi connectivity index (χ3v) is 34.7. The van der Waals surface area contributed by atoms with Crippen LogP contribution in [0.25, 0.3) is 0 Å². The molecule has 11 aliphatic rings. The standard InChI is InChI=1S/C78H116NO34.3CH3.Sn/c1-34-60(108-66-55(94)49(88)39(84)31-102-66)54(93)58(97)68(104-34)111-63-52(91)48(79-47(87)18-14-9-8-13-17-38(83)35-15-11-10-12-16-35)41(29-80)105-70(63)113-72(101)78-26-25-73(2,3)27-37(78)36-19-20-44-74(4)23-22-46(75(5,33-82)43(74)21-24-76(44,6)77(36,7)28-45(78)86)107-71-64(112-69-57(96)53(92)51(90)42(30-81)106-69)61(59(98)62(110-71)65(99)100)109-67-56(95)50(89)40(85)32-103-67;;;;/h11-12,15-16,19,33-34,37,39-46,48-64,66-71,80-81,84-86,88-98H,8-9,13-14,17-18,20-32H2,1-7H3,(H,79,87)(H,99,100);3*1H3;/t34?,37?,39-,40-,41?,42?,43-,44?,45?,46+,48+,49?,50+,51+,52?,53+,54?,55?,56?,57?,58?,59+,60+,61+,62?,63?,64?,66+,67+,68+,69+,70+,71-,74?,75-,76+,77-,78-;;;;/m1..../s1. The Hall–Kier alpha value is -3.57. The predicted octanol–water partition coefficient (Wildman–Crippen LogP) is -1.95. The van der Waals surface area contributed by atoms with Crippen LogP contribution in [0.4, 0.5) is 0 Å². The van der Waals surface area contributed by atoms with E-state index in [-0.39, 0.29) is 37.4 Å². The molecule has 12 rings (SSSR count). The first kappa shape index (κ1) is 92.6. The molecule has 6 aliphatic heterocycles. The molecule has 17 unspecified atom stereocenters. The Labute approximate surface area is 683 Å². The van der Waals surface area contributed by atoms with Gasteiger partial charge >= 0.3 is 134 Å². The number of aliphatic hydroxyl groups is 16. The number of fused-ring (bicyclic) bond motifs is 7. The number of aliphatic carboxylic acids is 1. The van der Waals surface area contributed by atoms with Crippen molar-refractivity contribution in [2.24, 2.45) is 50.2 Å². The van der Waals surface area contributed by atoms with Crippen LogP contribution in [0.1, 0.15) is 155 Å². The second-order valence-electron chi connectivity index (χ2n) is 37.5. The van der Waals surface area contributed by atoms with Gasteiger partial charge in [0.05, 0.1) is 56.2 Å². The summed E-state index contributed by atoms with van der Waals surface area (Å²) in [6.07, 6.45) is -44.6. The normalized spacial score (nSPS) is 47.3. The minimum Gasteiger partial charge on any atom is -0.479 e. The maximum Gasteiger partial charge on any atom is 0.335 e. The topological polar surface area (TPSA) is 552 Å². The molecule has 1 aromatic rings. The van der Waals surface area contributed by atoms with Crippen LogP contribution in [-0.2, 0) is 76.0 Å². The van der Waals surface area contributed by atoms with Gasteiger partial charge in [0.25, 0.3) is 0 Å². The first-order valence-electron chi connectivity index (χ1n) is 41.4. The zero-order valence-electron chi connectivity index (χ0n) is 68.0. The maximum atomic E-state index is 16.1. The zero-order chi connectivity index (χ0) is 85.5. The van der Waals surface area contributed by atoms with E-state index in [2.05, 4.69) is 60.8 Å². The van der Waals surface area contributed by atoms with Gasteiger partial charge in [-0.25, -0.2) is 4.79 Å². The number of nitrogens with one attached hydrogen (secondary N) is 1. The molecule has 1 aromatic carbocycles. The van der Waals surface area contributed by atoms with E-state index >= 15 is 4.79 Å². The number of carboxylic acid groups (broad SMARTS) is 1. The number of esters is 1. The fraction of sp³-hybridized carbons (Fsp3) is 0.840. The minimum absolute atomic E-state index is 0.00341. The Kier molecular flexibility index (Phi) is 28.6. The number of rotatable bonds is 26. The number of ketones is 1. The number of carbonyl (C=O) groups is 5. The number of hydrogen-bond acceptors (Lipinski definition) is 33. The van der Waals surface area contributed by atoms with Crippen molar-refractivity contribution in [2.75, 3.05) is 26.4 Å². The van der Waals surface area contributed by atoms with Crippen LogP contribution in [0, 0.1) is 50.2 Å². The summed E-state index contributed by atoms with van der Waals surface area (Å²) in [7, 11) is 0. The van der Waals surface area contributed by atoms with Gasteiger partial charge in [-0.2, -0.15) is 0 Å². The van der Waals surface area contributed by atoms with E-state index in [0.29, 0.717) is 76.2 Å². The molecule has 38 atom stereocenters. The van der Waals surface area contributed by atoms with E-state index < -0.39 is 291 Å². The van der Waals surface area contributed by atoms with Gasteiger partial charge in [0.15, 0.2) is 43.7 Å². The third kappa shape index (κ3) is 17.6. The van der Waals surface area contributed by atoms with Gasteiger partial charge in [-0.05, 0) is 104 Å². The van der Waals surface area contributed by atoms with Crippen LogP contribution in [0.15, 0.2) is 35.9 Å². The number of benzene rings is 1. The van der Waals surface area contributed by atoms with Crippen LogP contribution < -0.4 is 8.90 Å². The average molecular weight is 1780 g/mol. The van der Waals surface area contributed by atoms with Crippen molar-refractivity contribution in [1.29, 1.82) is 0 Å². The molecule has 36 heteroatoms. The quantitative estimate of drug-likeness (QED) is 0.00912. The van der Waals surface area contributed by atoms with E-state index in [1.54, 1.807) is 6.92 Å². The second-order valence-corrected chi connectivity index (χ2v) is 52.0. The Balaban J connectivity index is 0.795. The van der Waals surface area contributed by atoms with Crippen molar-refractivity contribution in [2.45, 2.75) is 344 Å². The van der Waals surface area contributed by atoms with Crippen LogP contribution in [0.3, 0.4) is 0 Å². The number of unbranched alkanes of at least 4 members (excludes halogenated alkanes) is 3. The number of aldehydes is 1. The van der Waals surface area contributed by atoms with Gasteiger partial charge in [-0.1, -0.05) is 53.2 Å². The van der Waals surface area contributed by atoms with Crippen molar-refractivity contribution >= 4 is 51.9 Å². The summed E-state index contributed by atoms with van der Waals surface area (Å²) in [5.74, 6) is -4.76. The summed E-state index contributed by atoms with van der Waals surface area (Å²) < 4.78 is 74.5. The summed E-state index contributed by atoms with van der Waals surface area (Å²) in [5, 5.41) is 192. The SMILES string of the molecule is CC1O[C@@H](OC2C(O)[C@@H](NC(=O)CCCCCCC(=O)c3cc[c]([Sn]([CH3])([CH3])[CH3])cc3)C(CO)O[C@H]2OC(=O)[C@]23CCC(C)(C)CC2C2=CCC4C5(C)CC[C@H](O[C@@H]6OC(C(=O)O)[C@@H](O)[C@H](O[C@@H]7OC[C@@H](O)[C@H](O)C7O)C6O[C@@H]6OC(CO)[C@H](O)[C@H](O)C6O)[C@](C)(C=O)[C@@H]5CC[C@]4(C)[C@]2(C)CC3O)C(O)C(O)[C@H]1O[C@@H]1OC[C@@H](O)C(O)C1O. The van der Waals surface area contributed by atoms with Crippen molar-refractivity contribution in [3.63, 3.8) is 0 Å². The van der Waals surface area contributed by atoms with Crippen molar-refractivity contribution in [1.82, 2.24) is 5.32 Å². The smallest absolute Gasteiger partial charge is 0.335 e. The summed E-state index contributed by atoms with van der Waals surface area (Å²) >= 11 is -2.33. The number of Topliss-reactive ketones (excluding diaryl/α,β-unsaturated/α-hetero) is 1. The van der Waals surface area contributed by atoms with Gasteiger partial charge in [-0.15, -0.1) is 0 Å². The molecule has 35 nitrogen and oxygen atoms in total. The molecule has 0 radical (unpaired) electrons. The maximum absolute atomic E-state index is 16.1. The molecule has 6 saturated heterocycles. The Morgan fingerprint density at radius 2 is 1.13 bits per heavy atom. The van der Waals surface area contributed by atoms with Gasteiger partial charge in [0.1, 0.15) is 122 Å². The minimum atomic E-state index is -2.33. The number of aliphatic hydroxyl groups excluding tert-OH is 16. The molecule has 18 N–H and O–H groups in total. The molecule has 0 aromatic heterocycles. The fourth-order valence-electron chi connectivity index (χ4n) is 21.5. The summed E-state index contributed by atoms with van der Waals surface area (Å²) in [6, 6.07) is 6.36.